The van der Waals surface area contributed by atoms with Crippen LogP contribution in [0.2, 0.25) is 0 Å². The van der Waals surface area contributed by atoms with Gasteiger partial charge in [0.05, 0.1) is 56.8 Å². The van der Waals surface area contributed by atoms with E-state index in [2.05, 4.69) is 322 Å². The molecule has 104 heavy (non-hydrogen) atoms. The topological polar surface area (TPSA) is 83.0 Å². The van der Waals surface area contributed by atoms with Crippen LogP contribution in [0.5, 0.6) is 23.0 Å². The van der Waals surface area contributed by atoms with Crippen LogP contribution >= 0.6 is 0 Å². The largest absolute Gasteiger partial charge is 0.457 e. The lowest BCUT2D eigenvalue weighted by atomic mass is 9.30. The molecule has 0 bridgehead atoms. The van der Waals surface area contributed by atoms with Crippen molar-refractivity contribution in [2.24, 2.45) is 0 Å². The fourth-order valence-electron chi connectivity index (χ4n) is 16.3. The van der Waals surface area contributed by atoms with E-state index in [-0.39, 0.29) is 13.4 Å². The normalized spacial score (nSPS) is 12.5. The number of hydrogen-bond acceptors (Lipinski definition) is 10. The van der Waals surface area contributed by atoms with Crippen LogP contribution in [-0.2, 0) is 0 Å². The quantitative estimate of drug-likeness (QED) is 0.104. The minimum atomic E-state index is -0.327. The van der Waals surface area contributed by atoms with Gasteiger partial charge in [0.25, 0.3) is 13.4 Å². The Hall–Kier alpha value is -13.8. The van der Waals surface area contributed by atoms with E-state index in [1.807, 2.05) is 67.4 Å². The van der Waals surface area contributed by atoms with Crippen LogP contribution in [0.3, 0.4) is 0 Å². The molecule has 0 aliphatic carbocycles. The molecule has 20 rings (SSSR count). The number of benzene rings is 12. The molecule has 0 atom stereocenters. The number of aromatic nitrogens is 4. The maximum atomic E-state index is 8.11. The summed E-state index contributed by atoms with van der Waals surface area (Å²) in [6, 6.07) is 119. The summed E-state index contributed by atoms with van der Waals surface area (Å²) in [6.07, 6.45) is 9.36. The molecule has 0 saturated heterocycles. The number of ether oxygens (including phenoxy) is 2. The van der Waals surface area contributed by atoms with E-state index >= 15 is 0 Å². The molecule has 12 aromatic carbocycles. The van der Waals surface area contributed by atoms with E-state index in [9.17, 15) is 0 Å². The third-order valence-corrected chi connectivity index (χ3v) is 20.6. The van der Waals surface area contributed by atoms with Crippen LogP contribution in [0, 0.1) is 0 Å². The average Bonchev–Trinajstić information content (AvgIpc) is 0.690. The first-order valence-corrected chi connectivity index (χ1v) is 35.1. The molecule has 0 saturated carbocycles. The Kier molecular flexibility index (Phi) is 14.5. The van der Waals surface area contributed by atoms with Gasteiger partial charge in [-0.25, -0.2) is 0 Å². The zero-order valence-electron chi connectivity index (χ0n) is 56.2. The van der Waals surface area contributed by atoms with Gasteiger partial charge >= 0.3 is 0 Å². The lowest BCUT2D eigenvalue weighted by Crippen LogP contribution is -2.63. The molecule has 12 heteroatoms. The molecule has 0 spiro atoms. The van der Waals surface area contributed by atoms with Crippen LogP contribution in [-0.4, -0.2) is 33.4 Å². The molecule has 4 aliphatic heterocycles. The summed E-state index contributed by atoms with van der Waals surface area (Å²) in [4.78, 5) is 29.3. The molecule has 4 aromatic heterocycles. The van der Waals surface area contributed by atoms with Gasteiger partial charge in [0.1, 0.15) is 23.0 Å². The molecule has 16 aromatic rings. The van der Waals surface area contributed by atoms with Gasteiger partial charge in [0.2, 0.25) is 0 Å². The molecule has 4 aliphatic rings. The number of hydrogen-bond donors (Lipinski definition) is 0. The van der Waals surface area contributed by atoms with Crippen molar-refractivity contribution in [3.05, 3.63) is 365 Å². The van der Waals surface area contributed by atoms with Crippen LogP contribution in [0.15, 0.2) is 365 Å². The fraction of sp³-hybridized carbons (Fsp3) is 0. The molecule has 0 radical (unpaired) electrons. The van der Waals surface area contributed by atoms with Crippen LogP contribution in [0.1, 0.15) is 0 Å². The van der Waals surface area contributed by atoms with Gasteiger partial charge in [-0.1, -0.05) is 206 Å². The second kappa shape index (κ2) is 25.1. The lowest BCUT2D eigenvalue weighted by Gasteiger charge is -2.44. The monoisotopic (exact) mass is 1330 g/mol. The van der Waals surface area contributed by atoms with E-state index in [1.54, 1.807) is 0 Å². The summed E-state index contributed by atoms with van der Waals surface area (Å²) >= 11 is 0. The Labute approximate surface area is 603 Å². The summed E-state index contributed by atoms with van der Waals surface area (Å²) in [5.41, 5.74) is 27.4. The molecule has 0 N–H and O–H groups in total. The maximum absolute atomic E-state index is 8.11. The summed E-state index contributed by atoms with van der Waals surface area (Å²) in [5.74, 6) is 2.88. The Morgan fingerprint density at radius 2 is 0.663 bits per heavy atom. The highest BCUT2D eigenvalue weighted by molar-refractivity contribution is 7.02. The van der Waals surface area contributed by atoms with E-state index in [0.29, 0.717) is 0 Å². The summed E-state index contributed by atoms with van der Waals surface area (Å²) < 4.78 is 16.2. The first kappa shape index (κ1) is 60.2. The van der Waals surface area contributed by atoms with Gasteiger partial charge in [-0.15, -0.1) is 0 Å². The average molecular weight is 1330 g/mol. The minimum Gasteiger partial charge on any atom is -0.457 e. The summed E-state index contributed by atoms with van der Waals surface area (Å²) in [6.45, 7) is -0.652. The number of fused-ring (bicyclic) bond motifs is 8. The number of para-hydroxylation sites is 8. The SMILES string of the molecule is c1ccc(-c2c3c(cc4c2Oc2cc(N(c5ccccc5-c5ccccn5)c5ccccc5-c5ccccn5)cc5c2B4c2ccccc2N5c2ccccc2)B2c4ccccc4N(c4ccccc4)c4cc(N(c5ccccc5-c5cccnc5)c5ccccc5-c5ccccn5)cc(c42)O3)cc1. The Bertz CT molecular complexity index is 5470. The third kappa shape index (κ3) is 9.90. The smallest absolute Gasteiger partial charge is 0.256 e. The van der Waals surface area contributed by atoms with Gasteiger partial charge in [-0.2, -0.15) is 0 Å². The van der Waals surface area contributed by atoms with Crippen molar-refractivity contribution >= 4 is 114 Å². The second-order valence-corrected chi connectivity index (χ2v) is 26.4. The zero-order valence-corrected chi connectivity index (χ0v) is 56.2. The van der Waals surface area contributed by atoms with Crippen LogP contribution < -0.4 is 61.9 Å². The first-order chi connectivity index (χ1) is 51.7. The number of anilines is 12. The second-order valence-electron chi connectivity index (χ2n) is 26.4. The van der Waals surface area contributed by atoms with Crippen molar-refractivity contribution in [3.63, 3.8) is 0 Å². The van der Waals surface area contributed by atoms with Gasteiger partial charge in [-0.05, 0) is 154 Å². The van der Waals surface area contributed by atoms with E-state index in [0.717, 1.165) is 180 Å². The van der Waals surface area contributed by atoms with E-state index in [1.165, 1.54) is 0 Å². The van der Waals surface area contributed by atoms with Crippen molar-refractivity contribution in [3.8, 4) is 79.0 Å². The van der Waals surface area contributed by atoms with Crippen molar-refractivity contribution in [1.29, 1.82) is 0 Å². The number of nitrogens with zero attached hydrogens (tertiary/aromatic N) is 8. The fourth-order valence-corrected chi connectivity index (χ4v) is 16.3. The van der Waals surface area contributed by atoms with Crippen LogP contribution in [0.25, 0.3) is 56.0 Å². The van der Waals surface area contributed by atoms with Gasteiger partial charge in [0, 0.05) is 105 Å². The van der Waals surface area contributed by atoms with Crippen molar-refractivity contribution < 1.29 is 9.47 Å². The number of pyridine rings is 4. The van der Waals surface area contributed by atoms with Crippen molar-refractivity contribution in [2.45, 2.75) is 0 Å². The zero-order chi connectivity index (χ0) is 68.6. The van der Waals surface area contributed by atoms with Gasteiger partial charge in [-0.3, -0.25) is 19.9 Å². The number of rotatable bonds is 13. The molecular weight excluding hydrogens is 1270 g/mol. The minimum absolute atomic E-state index is 0.326. The van der Waals surface area contributed by atoms with Crippen LogP contribution in [0.4, 0.5) is 68.2 Å². The highest BCUT2D eigenvalue weighted by Gasteiger charge is 2.49. The molecule has 8 heterocycles. The van der Waals surface area contributed by atoms with Gasteiger partial charge < -0.3 is 29.1 Å². The van der Waals surface area contributed by atoms with Gasteiger partial charge in [0.15, 0.2) is 0 Å². The highest BCUT2D eigenvalue weighted by Crippen LogP contribution is 2.54. The van der Waals surface area contributed by atoms with Crippen molar-refractivity contribution in [2.75, 3.05) is 19.6 Å². The predicted octanol–water partition coefficient (Wildman–Crippen LogP) is 19.4. The Balaban J connectivity index is 0.869. The maximum Gasteiger partial charge on any atom is 0.256 e. The molecule has 0 amide bonds. The lowest BCUT2D eigenvalue weighted by molar-refractivity contribution is 0.469. The van der Waals surface area contributed by atoms with Crippen molar-refractivity contribution in [1.82, 2.24) is 19.9 Å². The third-order valence-electron chi connectivity index (χ3n) is 20.6. The highest BCUT2D eigenvalue weighted by atomic mass is 16.5. The first-order valence-electron chi connectivity index (χ1n) is 35.1. The molecular formula is C92H60B2N8O2. The Morgan fingerprint density at radius 1 is 0.288 bits per heavy atom. The summed E-state index contributed by atoms with van der Waals surface area (Å²) in [5, 5.41) is 0. The molecule has 0 unspecified atom stereocenters. The molecule has 0 fully saturated rings. The van der Waals surface area contributed by atoms with E-state index in [4.69, 9.17) is 24.4 Å². The predicted molar refractivity (Wildman–Crippen MR) is 426 cm³/mol. The Morgan fingerprint density at radius 3 is 1.09 bits per heavy atom. The summed E-state index contributed by atoms with van der Waals surface area (Å²) in [7, 11) is 0. The van der Waals surface area contributed by atoms with E-state index < -0.39 is 0 Å². The molecule has 486 valence electrons. The standard InChI is InChI=1S/C92H60B2N8O2/c1-4-29-61(30-5-1)88-91-73(93-71-40-14-20-49-82(71)99(63-32-6-2-7-33-63)84-55-65(57-86(103-91)89(84)93)101(78-45-16-10-36-67(78)62-31-28-51-95-60-62)79-46-17-11-37-68(79)75-42-22-25-52-96-75)59-74-92(88)104-87-58-66(56-85-90(87)94(74)72-41-15-21-50-83(72)100(85)64-34-8-3-9-35-64)102(80-47-18-12-38-69(80)76-43-23-26-53-97-76)81-48-19-13-39-70(81)77-44-24-27-54-98-77/h1-60H. The molecule has 10 nitrogen and oxygen atoms in total.